The van der Waals surface area contributed by atoms with Crippen molar-refractivity contribution < 1.29 is 18.7 Å². The van der Waals surface area contributed by atoms with Gasteiger partial charge in [-0.2, -0.15) is 0 Å². The highest BCUT2D eigenvalue weighted by molar-refractivity contribution is 5.95. The summed E-state index contributed by atoms with van der Waals surface area (Å²) in [7, 11) is 3.10. The van der Waals surface area contributed by atoms with E-state index in [0.717, 1.165) is 6.20 Å². The van der Waals surface area contributed by atoms with Crippen LogP contribution in [-0.4, -0.2) is 55.6 Å². The van der Waals surface area contributed by atoms with Gasteiger partial charge < -0.3 is 15.0 Å². The molecule has 1 fully saturated rings. The third kappa shape index (κ3) is 3.18. The van der Waals surface area contributed by atoms with Gasteiger partial charge >= 0.3 is 0 Å². The minimum atomic E-state index is -0.658. The maximum atomic E-state index is 13.6. The van der Waals surface area contributed by atoms with Crippen molar-refractivity contribution in [1.29, 1.82) is 0 Å². The van der Waals surface area contributed by atoms with E-state index in [9.17, 15) is 14.0 Å². The quantitative estimate of drug-likeness (QED) is 0.867. The van der Waals surface area contributed by atoms with E-state index in [-0.39, 0.29) is 29.9 Å². The molecular formula is C14H18FN3O3. The smallest absolute Gasteiger partial charge is 0.256 e. The van der Waals surface area contributed by atoms with E-state index in [1.54, 1.807) is 14.2 Å². The van der Waals surface area contributed by atoms with E-state index in [4.69, 9.17) is 4.74 Å². The van der Waals surface area contributed by atoms with Crippen LogP contribution in [0.15, 0.2) is 18.5 Å². The molecule has 1 aliphatic heterocycles. The summed E-state index contributed by atoms with van der Waals surface area (Å²) in [6, 6.07) is 1.34. The molecule has 6 nitrogen and oxygen atoms in total. The van der Waals surface area contributed by atoms with Crippen LogP contribution < -0.4 is 5.32 Å². The van der Waals surface area contributed by atoms with Gasteiger partial charge in [-0.3, -0.25) is 14.6 Å². The van der Waals surface area contributed by atoms with Gasteiger partial charge in [0.25, 0.3) is 5.91 Å². The predicted octanol–water partition coefficient (Wildman–Crippen LogP) is 0.301. The number of hydrogen-bond donors (Lipinski definition) is 1. The number of pyridine rings is 1. The Bertz CT molecular complexity index is 538. The highest BCUT2D eigenvalue weighted by Gasteiger charge is 2.39. The molecule has 2 atom stereocenters. The van der Waals surface area contributed by atoms with Gasteiger partial charge in [-0.15, -0.1) is 0 Å². The van der Waals surface area contributed by atoms with Crippen LogP contribution in [0.1, 0.15) is 10.4 Å². The minimum absolute atomic E-state index is 0.0290. The zero-order valence-corrected chi connectivity index (χ0v) is 12.0. The lowest BCUT2D eigenvalue weighted by Crippen LogP contribution is -2.34. The summed E-state index contributed by atoms with van der Waals surface area (Å²) in [6.45, 7) is 1.00. The van der Waals surface area contributed by atoms with Crippen LogP contribution in [0.3, 0.4) is 0 Å². The minimum Gasteiger partial charge on any atom is -0.384 e. The zero-order valence-electron chi connectivity index (χ0n) is 12.0. The molecule has 0 unspecified atom stereocenters. The molecule has 1 saturated heterocycles. The normalized spacial score (nSPS) is 21.4. The first-order valence-electron chi connectivity index (χ1n) is 6.67. The molecule has 2 amide bonds. The standard InChI is InChI=1S/C14H18FN3O3/c1-16-13(19)11-7-18(6-9(11)8-21-2)14(20)10-3-4-17-5-12(10)15/h3-5,9,11H,6-8H2,1-2H3,(H,16,19)/t9-,11+/m0/s1. The van der Waals surface area contributed by atoms with Crippen molar-refractivity contribution >= 4 is 11.8 Å². The Labute approximate surface area is 122 Å². The monoisotopic (exact) mass is 295 g/mol. The van der Waals surface area contributed by atoms with Crippen molar-refractivity contribution in [1.82, 2.24) is 15.2 Å². The molecule has 114 valence electrons. The number of carbonyl (C=O) groups is 2. The van der Waals surface area contributed by atoms with Crippen molar-refractivity contribution in [3.63, 3.8) is 0 Å². The third-order valence-electron chi connectivity index (χ3n) is 3.69. The molecule has 2 rings (SSSR count). The lowest BCUT2D eigenvalue weighted by atomic mass is 9.96. The van der Waals surface area contributed by atoms with Gasteiger partial charge in [-0.25, -0.2) is 4.39 Å². The van der Waals surface area contributed by atoms with Gasteiger partial charge in [-0.1, -0.05) is 0 Å². The molecule has 0 bridgehead atoms. The van der Waals surface area contributed by atoms with Crippen LogP contribution in [0, 0.1) is 17.7 Å². The molecule has 1 N–H and O–H groups in total. The van der Waals surface area contributed by atoms with E-state index in [1.165, 1.54) is 17.2 Å². The molecule has 2 heterocycles. The summed E-state index contributed by atoms with van der Waals surface area (Å²) in [5.74, 6) is -1.66. The van der Waals surface area contributed by atoms with E-state index in [1.807, 2.05) is 0 Å². The SMILES string of the molecule is CNC(=O)[C@@H]1CN(C(=O)c2ccncc2F)C[C@H]1COC. The van der Waals surface area contributed by atoms with E-state index < -0.39 is 11.7 Å². The maximum absolute atomic E-state index is 13.6. The zero-order chi connectivity index (χ0) is 15.4. The molecule has 21 heavy (non-hydrogen) atoms. The summed E-state index contributed by atoms with van der Waals surface area (Å²) in [5, 5.41) is 2.59. The lowest BCUT2D eigenvalue weighted by molar-refractivity contribution is -0.125. The number of rotatable bonds is 4. The Morgan fingerprint density at radius 3 is 2.90 bits per heavy atom. The summed E-state index contributed by atoms with van der Waals surface area (Å²) in [6.07, 6.45) is 2.38. The second-order valence-corrected chi connectivity index (χ2v) is 5.00. The van der Waals surface area contributed by atoms with Crippen molar-refractivity contribution in [2.45, 2.75) is 0 Å². The largest absolute Gasteiger partial charge is 0.384 e. The maximum Gasteiger partial charge on any atom is 0.256 e. The number of methoxy groups -OCH3 is 1. The number of ether oxygens (including phenoxy) is 1. The number of nitrogens with zero attached hydrogens (tertiary/aromatic N) is 2. The Kier molecular flexibility index (Phi) is 4.85. The van der Waals surface area contributed by atoms with Crippen LogP contribution in [0.25, 0.3) is 0 Å². The van der Waals surface area contributed by atoms with Crippen LogP contribution in [0.4, 0.5) is 4.39 Å². The number of amides is 2. The van der Waals surface area contributed by atoms with Crippen molar-refractivity contribution in [3.8, 4) is 0 Å². The number of aromatic nitrogens is 1. The fraction of sp³-hybridized carbons (Fsp3) is 0.500. The molecule has 1 aliphatic rings. The average Bonchev–Trinajstić information content (AvgIpc) is 2.91. The Balaban J connectivity index is 2.16. The third-order valence-corrected chi connectivity index (χ3v) is 3.69. The Hall–Kier alpha value is -2.02. The van der Waals surface area contributed by atoms with Gasteiger partial charge in [0.15, 0.2) is 5.82 Å². The van der Waals surface area contributed by atoms with Crippen LogP contribution >= 0.6 is 0 Å². The first kappa shape index (κ1) is 15.4. The second kappa shape index (κ2) is 6.62. The average molecular weight is 295 g/mol. The molecule has 1 aromatic heterocycles. The van der Waals surface area contributed by atoms with Gasteiger partial charge in [-0.05, 0) is 6.07 Å². The van der Waals surface area contributed by atoms with Crippen LogP contribution in [0.2, 0.25) is 0 Å². The predicted molar refractivity (Wildman–Crippen MR) is 73.0 cm³/mol. The van der Waals surface area contributed by atoms with E-state index in [2.05, 4.69) is 10.3 Å². The highest BCUT2D eigenvalue weighted by atomic mass is 19.1. The number of nitrogens with one attached hydrogen (secondary N) is 1. The number of halogens is 1. The van der Waals surface area contributed by atoms with Crippen molar-refractivity contribution in [2.24, 2.45) is 11.8 Å². The van der Waals surface area contributed by atoms with Gasteiger partial charge in [0, 0.05) is 39.4 Å². The molecule has 0 aromatic carbocycles. The first-order chi connectivity index (χ1) is 10.1. The summed E-state index contributed by atoms with van der Waals surface area (Å²) in [5.41, 5.74) is -0.0290. The number of carbonyl (C=O) groups excluding carboxylic acids is 2. The first-order valence-corrected chi connectivity index (χ1v) is 6.67. The van der Waals surface area contributed by atoms with Gasteiger partial charge in [0.05, 0.1) is 24.3 Å². The summed E-state index contributed by atoms with van der Waals surface area (Å²) >= 11 is 0. The fourth-order valence-electron chi connectivity index (χ4n) is 2.62. The molecule has 0 radical (unpaired) electrons. The molecule has 0 saturated carbocycles. The highest BCUT2D eigenvalue weighted by Crippen LogP contribution is 2.26. The molecule has 1 aromatic rings. The topological polar surface area (TPSA) is 71.5 Å². The molecular weight excluding hydrogens is 277 g/mol. The molecule has 0 spiro atoms. The summed E-state index contributed by atoms with van der Waals surface area (Å²) in [4.78, 5) is 29.4. The van der Waals surface area contributed by atoms with E-state index in [0.29, 0.717) is 13.2 Å². The molecule has 7 heteroatoms. The fourth-order valence-corrected chi connectivity index (χ4v) is 2.62. The summed E-state index contributed by atoms with van der Waals surface area (Å²) < 4.78 is 18.8. The van der Waals surface area contributed by atoms with Crippen molar-refractivity contribution in [2.75, 3.05) is 33.9 Å². The second-order valence-electron chi connectivity index (χ2n) is 5.00. The van der Waals surface area contributed by atoms with Gasteiger partial charge in [0.1, 0.15) is 0 Å². The Morgan fingerprint density at radius 2 is 2.29 bits per heavy atom. The van der Waals surface area contributed by atoms with Crippen LogP contribution in [0.5, 0.6) is 0 Å². The van der Waals surface area contributed by atoms with E-state index >= 15 is 0 Å². The van der Waals surface area contributed by atoms with Gasteiger partial charge in [0.2, 0.25) is 5.91 Å². The number of hydrogen-bond acceptors (Lipinski definition) is 4. The lowest BCUT2D eigenvalue weighted by Gasteiger charge is -2.16. The number of likely N-dealkylation sites (tertiary alicyclic amines) is 1. The van der Waals surface area contributed by atoms with Crippen LogP contribution in [-0.2, 0) is 9.53 Å². The molecule has 0 aliphatic carbocycles. The van der Waals surface area contributed by atoms with Crippen molar-refractivity contribution in [3.05, 3.63) is 29.8 Å². The Morgan fingerprint density at radius 1 is 1.52 bits per heavy atom.